The van der Waals surface area contributed by atoms with E-state index in [0.717, 1.165) is 22.4 Å². The summed E-state index contributed by atoms with van der Waals surface area (Å²) in [7, 11) is 0. The highest BCUT2D eigenvalue weighted by Crippen LogP contribution is 2.36. The smallest absolute Gasteiger partial charge is 0.307 e. The lowest BCUT2D eigenvalue weighted by Crippen LogP contribution is -2.54. The van der Waals surface area contributed by atoms with Gasteiger partial charge in [0, 0.05) is 5.69 Å². The summed E-state index contributed by atoms with van der Waals surface area (Å²) in [6, 6.07) is 39.3. The van der Waals surface area contributed by atoms with Crippen molar-refractivity contribution in [3.63, 3.8) is 0 Å². The van der Waals surface area contributed by atoms with Crippen molar-refractivity contribution in [2.75, 3.05) is 5.32 Å². The number of carbonyl (C=O) groups is 1. The van der Waals surface area contributed by atoms with E-state index in [-0.39, 0.29) is 6.03 Å². The van der Waals surface area contributed by atoms with Gasteiger partial charge in [0.1, 0.15) is 5.54 Å². The molecule has 0 saturated carbocycles. The number of anilines is 1. The maximum absolute atomic E-state index is 12.7. The van der Waals surface area contributed by atoms with Crippen LogP contribution in [0.1, 0.15) is 16.7 Å². The Kier molecular flexibility index (Phi) is 5.88. The normalized spacial score (nSPS) is 10.9. The lowest BCUT2D eigenvalue weighted by atomic mass is 9.77. The van der Waals surface area contributed by atoms with E-state index in [9.17, 15) is 4.79 Å². The molecule has 0 saturated heterocycles. The Bertz CT molecular complexity index is 972. The van der Waals surface area contributed by atoms with Crippen molar-refractivity contribution in [3.05, 3.63) is 138 Å². The number of hydrogen-bond donors (Lipinski definition) is 3. The number of benzene rings is 4. The SMILES string of the molecule is O=C(NNC(c1ccccc1)(c1ccccc1)c1ccccc1)Nc1ccccc1. The number of para-hydroxylation sites is 1. The average molecular weight is 393 g/mol. The molecule has 0 fully saturated rings. The van der Waals surface area contributed by atoms with E-state index >= 15 is 0 Å². The summed E-state index contributed by atoms with van der Waals surface area (Å²) in [6.07, 6.45) is 0. The number of nitrogens with one attached hydrogen (secondary N) is 3. The van der Waals surface area contributed by atoms with Crippen LogP contribution in [-0.2, 0) is 5.54 Å². The largest absolute Gasteiger partial charge is 0.333 e. The van der Waals surface area contributed by atoms with Crippen LogP contribution in [0.25, 0.3) is 0 Å². The van der Waals surface area contributed by atoms with Crippen molar-refractivity contribution < 1.29 is 4.79 Å². The standard InChI is InChI=1S/C26H23N3O/c30-25(27-24-19-11-4-12-20-24)28-29-26(21-13-5-1-6-14-21,22-15-7-2-8-16-22)23-17-9-3-10-18-23/h1-20,29H,(H2,27,28,30). The van der Waals surface area contributed by atoms with E-state index in [0.29, 0.717) is 0 Å². The number of amides is 2. The van der Waals surface area contributed by atoms with Crippen molar-refractivity contribution in [2.45, 2.75) is 5.54 Å². The van der Waals surface area contributed by atoms with Crippen LogP contribution >= 0.6 is 0 Å². The van der Waals surface area contributed by atoms with Gasteiger partial charge in [-0.05, 0) is 28.8 Å². The first-order valence-electron chi connectivity index (χ1n) is 9.85. The van der Waals surface area contributed by atoms with Gasteiger partial charge in [0.05, 0.1) is 0 Å². The first-order chi connectivity index (χ1) is 14.8. The number of rotatable bonds is 6. The van der Waals surface area contributed by atoms with Crippen LogP contribution in [0.3, 0.4) is 0 Å². The van der Waals surface area contributed by atoms with Gasteiger partial charge < -0.3 is 5.32 Å². The van der Waals surface area contributed by atoms with Crippen molar-refractivity contribution in [1.82, 2.24) is 10.9 Å². The van der Waals surface area contributed by atoms with Gasteiger partial charge in [-0.25, -0.2) is 10.2 Å². The topological polar surface area (TPSA) is 53.2 Å². The van der Waals surface area contributed by atoms with Crippen molar-refractivity contribution in [1.29, 1.82) is 0 Å². The minimum Gasteiger partial charge on any atom is -0.307 e. The van der Waals surface area contributed by atoms with Gasteiger partial charge >= 0.3 is 6.03 Å². The van der Waals surface area contributed by atoms with E-state index in [1.807, 2.05) is 84.9 Å². The molecule has 2 amide bonds. The molecule has 4 aromatic carbocycles. The second kappa shape index (κ2) is 9.07. The molecule has 0 atom stereocenters. The monoisotopic (exact) mass is 393 g/mol. The third-order valence-electron chi connectivity index (χ3n) is 5.02. The lowest BCUT2D eigenvalue weighted by Gasteiger charge is -2.36. The lowest BCUT2D eigenvalue weighted by molar-refractivity contribution is 0.243. The summed E-state index contributed by atoms with van der Waals surface area (Å²) in [5, 5.41) is 2.86. The van der Waals surface area contributed by atoms with E-state index in [1.54, 1.807) is 0 Å². The zero-order valence-corrected chi connectivity index (χ0v) is 16.5. The van der Waals surface area contributed by atoms with Crippen molar-refractivity contribution in [2.24, 2.45) is 0 Å². The Morgan fingerprint density at radius 3 is 1.30 bits per heavy atom. The minimum absolute atomic E-state index is 0.339. The Balaban J connectivity index is 1.74. The van der Waals surface area contributed by atoms with Crippen LogP contribution in [0.4, 0.5) is 10.5 Å². The minimum atomic E-state index is -0.766. The van der Waals surface area contributed by atoms with Crippen LogP contribution in [-0.4, -0.2) is 6.03 Å². The fourth-order valence-corrected chi connectivity index (χ4v) is 3.62. The van der Waals surface area contributed by atoms with Gasteiger partial charge in [0.25, 0.3) is 0 Å². The van der Waals surface area contributed by atoms with Crippen molar-refractivity contribution >= 4 is 11.7 Å². The molecule has 0 bridgehead atoms. The number of carbonyl (C=O) groups excluding carboxylic acids is 1. The van der Waals surface area contributed by atoms with Gasteiger partial charge in [0.2, 0.25) is 0 Å². The Morgan fingerprint density at radius 1 is 0.533 bits per heavy atom. The fourth-order valence-electron chi connectivity index (χ4n) is 3.62. The summed E-state index contributed by atoms with van der Waals surface area (Å²) in [5.41, 5.74) is 9.21. The first kappa shape index (κ1) is 19.4. The maximum Gasteiger partial charge on any atom is 0.333 e. The van der Waals surface area contributed by atoms with Crippen LogP contribution in [0, 0.1) is 0 Å². The molecule has 0 radical (unpaired) electrons. The van der Waals surface area contributed by atoms with E-state index < -0.39 is 5.54 Å². The molecular weight excluding hydrogens is 370 g/mol. The molecule has 0 aliphatic heterocycles. The third-order valence-corrected chi connectivity index (χ3v) is 5.02. The average Bonchev–Trinajstić information content (AvgIpc) is 2.82. The summed E-state index contributed by atoms with van der Waals surface area (Å²) >= 11 is 0. The summed E-state index contributed by atoms with van der Waals surface area (Å²) < 4.78 is 0. The van der Waals surface area contributed by atoms with Gasteiger partial charge in [-0.3, -0.25) is 5.43 Å². The summed E-state index contributed by atoms with van der Waals surface area (Å²) in [5.74, 6) is 0. The molecule has 0 spiro atoms. The van der Waals surface area contributed by atoms with Gasteiger partial charge in [-0.15, -0.1) is 0 Å². The quantitative estimate of drug-likeness (QED) is 0.307. The highest BCUT2D eigenvalue weighted by atomic mass is 16.2. The van der Waals surface area contributed by atoms with Crippen LogP contribution in [0.2, 0.25) is 0 Å². The molecule has 148 valence electrons. The molecule has 4 heteroatoms. The second-order valence-electron chi connectivity index (χ2n) is 6.92. The van der Waals surface area contributed by atoms with E-state index in [1.165, 1.54) is 0 Å². The molecule has 3 N–H and O–H groups in total. The molecule has 0 aliphatic carbocycles. The highest BCUT2D eigenvalue weighted by Gasteiger charge is 2.36. The van der Waals surface area contributed by atoms with Gasteiger partial charge in [-0.1, -0.05) is 109 Å². The van der Waals surface area contributed by atoms with Crippen molar-refractivity contribution in [3.8, 4) is 0 Å². The zero-order chi connectivity index (χ0) is 20.7. The predicted molar refractivity (Wildman–Crippen MR) is 121 cm³/mol. The van der Waals surface area contributed by atoms with Crippen LogP contribution in [0.15, 0.2) is 121 Å². The molecule has 4 aromatic rings. The molecule has 4 rings (SSSR count). The number of hydrogen-bond acceptors (Lipinski definition) is 2. The molecule has 0 unspecified atom stereocenters. The molecule has 0 heterocycles. The molecule has 30 heavy (non-hydrogen) atoms. The zero-order valence-electron chi connectivity index (χ0n) is 16.5. The molecule has 4 nitrogen and oxygen atoms in total. The predicted octanol–water partition coefficient (Wildman–Crippen LogP) is 5.30. The third kappa shape index (κ3) is 4.09. The molecule has 0 aliphatic rings. The highest BCUT2D eigenvalue weighted by molar-refractivity contribution is 5.88. The number of hydrazine groups is 1. The molecule has 0 aromatic heterocycles. The van der Waals surface area contributed by atoms with Crippen LogP contribution in [0.5, 0.6) is 0 Å². The molecular formula is C26H23N3O. The van der Waals surface area contributed by atoms with E-state index in [4.69, 9.17) is 0 Å². The Hall–Kier alpha value is -3.89. The number of urea groups is 1. The summed E-state index contributed by atoms with van der Waals surface area (Å²) in [6.45, 7) is 0. The van der Waals surface area contributed by atoms with Gasteiger partial charge in [-0.2, -0.15) is 0 Å². The first-order valence-corrected chi connectivity index (χ1v) is 9.85. The Labute approximate surface area is 176 Å². The second-order valence-corrected chi connectivity index (χ2v) is 6.92. The van der Waals surface area contributed by atoms with E-state index in [2.05, 4.69) is 52.6 Å². The van der Waals surface area contributed by atoms with Crippen LogP contribution < -0.4 is 16.2 Å². The van der Waals surface area contributed by atoms with Gasteiger partial charge in [0.15, 0.2) is 0 Å². The maximum atomic E-state index is 12.7. The Morgan fingerprint density at radius 2 is 0.900 bits per heavy atom. The summed E-state index contributed by atoms with van der Waals surface area (Å²) in [4.78, 5) is 12.7. The fraction of sp³-hybridized carbons (Fsp3) is 0.0385.